The van der Waals surface area contributed by atoms with Gasteiger partial charge in [-0.25, -0.2) is 9.97 Å². The fourth-order valence-corrected chi connectivity index (χ4v) is 3.29. The number of hydrogen-bond acceptors (Lipinski definition) is 4. The molecule has 3 aromatic heterocycles. The van der Waals surface area contributed by atoms with Crippen LogP contribution in [-0.4, -0.2) is 30.8 Å². The Morgan fingerprint density at radius 1 is 0.931 bits per heavy atom. The number of primary amides is 1. The Bertz CT molecular complexity index is 1320. The summed E-state index contributed by atoms with van der Waals surface area (Å²) in [4.78, 5) is 31.5. The van der Waals surface area contributed by atoms with Crippen molar-refractivity contribution < 1.29 is 4.79 Å². The van der Waals surface area contributed by atoms with Gasteiger partial charge >= 0.3 is 0 Å². The third-order valence-electron chi connectivity index (χ3n) is 4.76. The van der Waals surface area contributed by atoms with Gasteiger partial charge in [-0.3, -0.25) is 9.78 Å². The molecular formula is C22H16N6O. The van der Waals surface area contributed by atoms with Crippen LogP contribution in [0.4, 0.5) is 0 Å². The number of carbonyl (C=O) groups excluding carboxylic acids is 1. The molecule has 7 heteroatoms. The van der Waals surface area contributed by atoms with Crippen molar-refractivity contribution in [2.24, 2.45) is 5.73 Å². The van der Waals surface area contributed by atoms with Crippen molar-refractivity contribution in [2.75, 3.05) is 0 Å². The fourth-order valence-electron chi connectivity index (χ4n) is 3.29. The normalized spacial score (nSPS) is 11.0. The first-order chi connectivity index (χ1) is 14.2. The van der Waals surface area contributed by atoms with Crippen LogP contribution in [0.15, 0.2) is 73.2 Å². The molecule has 4 N–H and O–H groups in total. The number of H-pyrrole nitrogens is 2. The number of nitrogens with two attached hydrogens (primary N) is 1. The molecule has 0 aliphatic carbocycles. The number of aromatic amines is 2. The van der Waals surface area contributed by atoms with Gasteiger partial charge < -0.3 is 15.7 Å². The predicted octanol–water partition coefficient (Wildman–Crippen LogP) is 3.78. The Morgan fingerprint density at radius 2 is 1.76 bits per heavy atom. The van der Waals surface area contributed by atoms with Crippen molar-refractivity contribution in [2.45, 2.75) is 0 Å². The lowest BCUT2D eigenvalue weighted by atomic mass is 10.1. The van der Waals surface area contributed by atoms with E-state index in [2.05, 4.69) is 19.9 Å². The predicted molar refractivity (Wildman–Crippen MR) is 111 cm³/mol. The maximum atomic E-state index is 11.3. The zero-order chi connectivity index (χ0) is 19.8. The van der Waals surface area contributed by atoms with Gasteiger partial charge in [0, 0.05) is 22.9 Å². The summed E-state index contributed by atoms with van der Waals surface area (Å²) >= 11 is 0. The average Bonchev–Trinajstić information content (AvgIpc) is 3.41. The molecule has 3 heterocycles. The molecule has 140 valence electrons. The number of imidazole rings is 2. The third kappa shape index (κ3) is 3.04. The Kier molecular flexibility index (Phi) is 3.91. The molecule has 0 unspecified atom stereocenters. The number of nitrogens with one attached hydrogen (secondary N) is 2. The molecule has 0 bridgehead atoms. The molecule has 1 amide bonds. The summed E-state index contributed by atoms with van der Waals surface area (Å²) in [6.07, 6.45) is 3.42. The molecule has 2 aromatic carbocycles. The van der Waals surface area contributed by atoms with Crippen LogP contribution in [0.25, 0.3) is 45.1 Å². The molecule has 0 fully saturated rings. The first-order valence-electron chi connectivity index (χ1n) is 9.04. The monoisotopic (exact) mass is 380 g/mol. The molecule has 0 radical (unpaired) electrons. The van der Waals surface area contributed by atoms with Crippen molar-refractivity contribution in [3.05, 3.63) is 78.8 Å². The van der Waals surface area contributed by atoms with E-state index in [0.717, 1.165) is 39.2 Å². The van der Waals surface area contributed by atoms with Gasteiger partial charge in [0.1, 0.15) is 5.82 Å². The Morgan fingerprint density at radius 3 is 2.52 bits per heavy atom. The lowest BCUT2D eigenvalue weighted by Crippen LogP contribution is -2.10. The van der Waals surface area contributed by atoms with Gasteiger partial charge in [0.05, 0.1) is 34.4 Å². The number of carbonyl (C=O) groups is 1. The first-order valence-corrected chi connectivity index (χ1v) is 9.04. The number of nitrogens with zero attached hydrogens (tertiary/aromatic N) is 3. The minimum Gasteiger partial charge on any atom is -0.366 e. The van der Waals surface area contributed by atoms with E-state index >= 15 is 0 Å². The molecule has 5 rings (SSSR count). The van der Waals surface area contributed by atoms with Crippen LogP contribution in [0.2, 0.25) is 0 Å². The fraction of sp³-hybridized carbons (Fsp3) is 0. The van der Waals surface area contributed by atoms with E-state index in [1.165, 1.54) is 0 Å². The van der Waals surface area contributed by atoms with Crippen LogP contribution in [-0.2, 0) is 0 Å². The third-order valence-corrected chi connectivity index (χ3v) is 4.76. The zero-order valence-corrected chi connectivity index (χ0v) is 15.3. The van der Waals surface area contributed by atoms with Crippen LogP contribution >= 0.6 is 0 Å². The Balaban J connectivity index is 1.67. The highest BCUT2D eigenvalue weighted by atomic mass is 16.1. The molecular weight excluding hydrogens is 364 g/mol. The van der Waals surface area contributed by atoms with Crippen molar-refractivity contribution in [1.82, 2.24) is 24.9 Å². The summed E-state index contributed by atoms with van der Waals surface area (Å²) in [6.45, 7) is 0. The molecule has 0 atom stereocenters. The van der Waals surface area contributed by atoms with Gasteiger partial charge in [0.2, 0.25) is 5.91 Å². The molecule has 0 saturated carbocycles. The minimum absolute atomic E-state index is 0.453. The molecule has 0 aliphatic heterocycles. The quantitative estimate of drug-likeness (QED) is 0.440. The summed E-state index contributed by atoms with van der Waals surface area (Å²) in [7, 11) is 0. The average molecular weight is 380 g/mol. The molecule has 0 saturated heterocycles. The Labute approximate surface area is 165 Å². The van der Waals surface area contributed by atoms with Crippen molar-refractivity contribution in [3.8, 4) is 34.0 Å². The maximum absolute atomic E-state index is 11.3. The molecule has 29 heavy (non-hydrogen) atoms. The lowest BCUT2D eigenvalue weighted by molar-refractivity contribution is 0.100. The van der Waals surface area contributed by atoms with Crippen molar-refractivity contribution in [1.29, 1.82) is 0 Å². The van der Waals surface area contributed by atoms with Gasteiger partial charge in [-0.05, 0) is 36.4 Å². The number of rotatable bonds is 4. The van der Waals surface area contributed by atoms with Crippen LogP contribution < -0.4 is 5.73 Å². The second-order valence-corrected chi connectivity index (χ2v) is 6.60. The van der Waals surface area contributed by atoms with Crippen LogP contribution in [0.1, 0.15) is 10.4 Å². The summed E-state index contributed by atoms with van der Waals surface area (Å²) < 4.78 is 0. The minimum atomic E-state index is -0.460. The topological polar surface area (TPSA) is 113 Å². The van der Waals surface area contributed by atoms with Crippen LogP contribution in [0.3, 0.4) is 0 Å². The molecule has 0 aliphatic rings. The van der Waals surface area contributed by atoms with E-state index in [9.17, 15) is 4.79 Å². The smallest absolute Gasteiger partial charge is 0.248 e. The van der Waals surface area contributed by atoms with Gasteiger partial charge in [-0.1, -0.05) is 24.3 Å². The highest BCUT2D eigenvalue weighted by Gasteiger charge is 2.17. The van der Waals surface area contributed by atoms with E-state index in [1.54, 1.807) is 24.7 Å². The van der Waals surface area contributed by atoms with Crippen LogP contribution in [0.5, 0.6) is 0 Å². The van der Waals surface area contributed by atoms with Crippen molar-refractivity contribution >= 4 is 16.9 Å². The highest BCUT2D eigenvalue weighted by Crippen LogP contribution is 2.33. The SMILES string of the molecule is NC(=O)c1ccc(-c2nc(-c3ccc4[nH]cnc4c3)c(-c3ccccn3)[nH]2)cc1. The van der Waals surface area contributed by atoms with Gasteiger partial charge in [0.25, 0.3) is 0 Å². The zero-order valence-electron chi connectivity index (χ0n) is 15.3. The maximum Gasteiger partial charge on any atom is 0.248 e. The van der Waals surface area contributed by atoms with E-state index in [4.69, 9.17) is 10.7 Å². The first kappa shape index (κ1) is 16.9. The number of pyridine rings is 1. The molecule has 5 aromatic rings. The van der Waals surface area contributed by atoms with E-state index in [-0.39, 0.29) is 0 Å². The Hall–Kier alpha value is -4.26. The second kappa shape index (κ2) is 6.72. The summed E-state index contributed by atoms with van der Waals surface area (Å²) in [6, 6.07) is 18.7. The molecule has 7 nitrogen and oxygen atoms in total. The number of fused-ring (bicyclic) bond motifs is 1. The van der Waals surface area contributed by atoms with Gasteiger partial charge in [0.15, 0.2) is 0 Å². The largest absolute Gasteiger partial charge is 0.366 e. The van der Waals surface area contributed by atoms with Crippen molar-refractivity contribution in [3.63, 3.8) is 0 Å². The number of benzene rings is 2. The van der Waals surface area contributed by atoms with Gasteiger partial charge in [-0.2, -0.15) is 0 Å². The van der Waals surface area contributed by atoms with E-state index in [0.29, 0.717) is 11.4 Å². The van der Waals surface area contributed by atoms with Crippen LogP contribution in [0, 0.1) is 0 Å². The summed E-state index contributed by atoms with van der Waals surface area (Å²) in [5, 5.41) is 0. The lowest BCUT2D eigenvalue weighted by Gasteiger charge is -2.02. The second-order valence-electron chi connectivity index (χ2n) is 6.60. The molecule has 0 spiro atoms. The van der Waals surface area contributed by atoms with Gasteiger partial charge in [-0.15, -0.1) is 0 Å². The number of amides is 1. The summed E-state index contributed by atoms with van der Waals surface area (Å²) in [5.41, 5.74) is 11.8. The van der Waals surface area contributed by atoms with E-state index in [1.807, 2.05) is 48.5 Å². The highest BCUT2D eigenvalue weighted by molar-refractivity contribution is 5.93. The summed E-state index contributed by atoms with van der Waals surface area (Å²) in [5.74, 6) is 0.219. The number of aromatic nitrogens is 5. The number of hydrogen-bond donors (Lipinski definition) is 3. The van der Waals surface area contributed by atoms with E-state index < -0.39 is 5.91 Å². The standard InChI is InChI=1S/C22H16N6O/c23-21(29)13-4-6-14(7-5-13)22-27-19(20(28-22)17-3-1-2-10-24-17)15-8-9-16-18(11-15)26-12-25-16/h1-12H,(H2,23,29)(H,25,26)(H,27,28).